The number of benzene rings is 1. The number of nitrogens with zero attached hydrogens (tertiary/aromatic N) is 1. The van der Waals surface area contributed by atoms with Gasteiger partial charge in [0.2, 0.25) is 0 Å². The summed E-state index contributed by atoms with van der Waals surface area (Å²) in [6.07, 6.45) is 6.90. The minimum Gasteiger partial charge on any atom is -0.296 e. The Morgan fingerprint density at radius 2 is 2.00 bits per heavy atom. The lowest BCUT2D eigenvalue weighted by molar-refractivity contribution is 0.131. The van der Waals surface area contributed by atoms with Crippen molar-refractivity contribution in [1.29, 1.82) is 0 Å². The molecule has 0 radical (unpaired) electrons. The van der Waals surface area contributed by atoms with Crippen molar-refractivity contribution in [2.75, 3.05) is 6.54 Å². The molecule has 1 aliphatic rings. The number of piperidine rings is 1. The van der Waals surface area contributed by atoms with Gasteiger partial charge in [0.1, 0.15) is 0 Å². The second kappa shape index (κ2) is 6.05. The van der Waals surface area contributed by atoms with E-state index < -0.39 is 0 Å². The van der Waals surface area contributed by atoms with Gasteiger partial charge in [-0.15, -0.1) is 0 Å². The minimum atomic E-state index is 0.832. The van der Waals surface area contributed by atoms with Crippen LogP contribution in [0.3, 0.4) is 0 Å². The third kappa shape index (κ3) is 3.08. The number of rotatable bonds is 4. The highest BCUT2D eigenvalue weighted by Gasteiger charge is 2.21. The SMILES string of the molecule is CCCC1CCCC[15N]1Cc1ccccc1. The van der Waals surface area contributed by atoms with Gasteiger partial charge in [0, 0.05) is 12.6 Å². The quantitative estimate of drug-likeness (QED) is 0.694. The van der Waals surface area contributed by atoms with E-state index in [4.69, 9.17) is 0 Å². The topological polar surface area (TPSA) is 3.24 Å². The van der Waals surface area contributed by atoms with Crippen LogP contribution in [0, 0.1) is 0 Å². The molecule has 1 fully saturated rings. The average Bonchev–Trinajstić information content (AvgIpc) is 2.33. The van der Waals surface area contributed by atoms with Gasteiger partial charge in [-0.3, -0.25) is 4.90 Å². The lowest BCUT2D eigenvalue weighted by atomic mass is 10.0. The molecule has 1 unspecified atom stereocenters. The number of likely N-dealkylation sites (tertiary alicyclic amines) is 1. The Bertz CT molecular complexity index is 292. The van der Waals surface area contributed by atoms with Crippen LogP contribution in [0.2, 0.25) is 0 Å². The fourth-order valence-electron chi connectivity index (χ4n) is 2.75. The molecule has 1 atom stereocenters. The van der Waals surface area contributed by atoms with Crippen LogP contribution >= 0.6 is 0 Å². The van der Waals surface area contributed by atoms with E-state index in [1.54, 1.807) is 0 Å². The molecule has 1 aromatic rings. The maximum absolute atomic E-state index is 2.68. The van der Waals surface area contributed by atoms with Gasteiger partial charge in [0.05, 0.1) is 0 Å². The van der Waals surface area contributed by atoms with Crippen molar-refractivity contribution in [2.24, 2.45) is 0 Å². The van der Waals surface area contributed by atoms with Gasteiger partial charge in [0.15, 0.2) is 0 Å². The van der Waals surface area contributed by atoms with Crippen molar-refractivity contribution in [2.45, 2.75) is 51.6 Å². The van der Waals surface area contributed by atoms with Crippen LogP contribution in [0.5, 0.6) is 0 Å². The molecule has 0 bridgehead atoms. The van der Waals surface area contributed by atoms with Crippen molar-refractivity contribution in [3.63, 3.8) is 0 Å². The van der Waals surface area contributed by atoms with Crippen molar-refractivity contribution >= 4 is 0 Å². The zero-order valence-corrected chi connectivity index (χ0v) is 10.4. The van der Waals surface area contributed by atoms with E-state index in [0.29, 0.717) is 0 Å². The van der Waals surface area contributed by atoms with Gasteiger partial charge >= 0.3 is 0 Å². The molecule has 1 nitrogen and oxygen atoms in total. The van der Waals surface area contributed by atoms with Crippen LogP contribution in [0.15, 0.2) is 30.3 Å². The molecule has 88 valence electrons. The average molecular weight is 218 g/mol. The first-order valence-corrected chi connectivity index (χ1v) is 6.68. The first kappa shape index (κ1) is 11.7. The highest BCUT2D eigenvalue weighted by molar-refractivity contribution is 5.14. The molecule has 2 rings (SSSR count). The fraction of sp³-hybridized carbons (Fsp3) is 0.600. The fourth-order valence-corrected chi connectivity index (χ4v) is 2.75. The third-order valence-corrected chi connectivity index (χ3v) is 3.60. The summed E-state index contributed by atoms with van der Waals surface area (Å²) in [6.45, 7) is 4.74. The van der Waals surface area contributed by atoms with E-state index in [-0.39, 0.29) is 0 Å². The molecule has 1 heterocycles. The standard InChI is InChI=1S/C15H23N/c1-2-8-15-11-6-7-12-16(15)13-14-9-4-3-5-10-14/h3-5,9-10,15H,2,6-8,11-13H2,1H3/i16+1. The number of hydrogen-bond acceptors (Lipinski definition) is 1. The molecule has 0 N–H and O–H groups in total. The van der Waals surface area contributed by atoms with Crippen molar-refractivity contribution in [3.05, 3.63) is 35.9 Å². The Kier molecular flexibility index (Phi) is 4.41. The van der Waals surface area contributed by atoms with Gasteiger partial charge in [-0.25, -0.2) is 0 Å². The van der Waals surface area contributed by atoms with Crippen LogP contribution in [-0.2, 0) is 6.54 Å². The highest BCUT2D eigenvalue weighted by atomic mass is 15.9. The van der Waals surface area contributed by atoms with E-state index in [2.05, 4.69) is 42.2 Å². The zero-order chi connectivity index (χ0) is 11.2. The molecule has 1 aliphatic heterocycles. The maximum atomic E-state index is 2.68. The summed E-state index contributed by atoms with van der Waals surface area (Å²) >= 11 is 0. The zero-order valence-electron chi connectivity index (χ0n) is 10.4. The molecule has 1 aromatic carbocycles. The van der Waals surface area contributed by atoms with Crippen molar-refractivity contribution < 1.29 is 0 Å². The normalized spacial score (nSPS) is 22.2. The lowest BCUT2D eigenvalue weighted by Gasteiger charge is -2.35. The Morgan fingerprint density at radius 3 is 2.75 bits per heavy atom. The smallest absolute Gasteiger partial charge is 0.0236 e. The molecule has 16 heavy (non-hydrogen) atoms. The first-order chi connectivity index (χ1) is 7.90. The molecule has 1 heteroatoms. The van der Waals surface area contributed by atoms with E-state index in [1.165, 1.54) is 44.2 Å². The second-order valence-electron chi connectivity index (χ2n) is 4.89. The Morgan fingerprint density at radius 1 is 1.19 bits per heavy atom. The van der Waals surface area contributed by atoms with Gasteiger partial charge in [-0.2, -0.15) is 0 Å². The molecule has 0 spiro atoms. The van der Waals surface area contributed by atoms with Crippen LogP contribution < -0.4 is 0 Å². The maximum Gasteiger partial charge on any atom is 0.0236 e. The van der Waals surface area contributed by atoms with Crippen LogP contribution in [-0.4, -0.2) is 17.5 Å². The lowest BCUT2D eigenvalue weighted by Crippen LogP contribution is -2.38. The molecule has 0 aromatic heterocycles. The summed E-state index contributed by atoms with van der Waals surface area (Å²) in [7, 11) is 0. The molecule has 0 amide bonds. The summed E-state index contributed by atoms with van der Waals surface area (Å²) in [6, 6.07) is 11.7. The molecular weight excluding hydrogens is 195 g/mol. The van der Waals surface area contributed by atoms with E-state index in [0.717, 1.165) is 12.6 Å². The molecule has 1 saturated heterocycles. The van der Waals surface area contributed by atoms with Crippen molar-refractivity contribution in [1.82, 2.24) is 4.90 Å². The van der Waals surface area contributed by atoms with Gasteiger partial charge in [0.25, 0.3) is 0 Å². The Labute approximate surface area is 99.5 Å². The predicted octanol–water partition coefficient (Wildman–Crippen LogP) is 3.84. The molecule has 0 saturated carbocycles. The minimum absolute atomic E-state index is 0.832. The second-order valence-corrected chi connectivity index (χ2v) is 4.89. The summed E-state index contributed by atoms with van der Waals surface area (Å²) in [5.74, 6) is 0. The van der Waals surface area contributed by atoms with Crippen LogP contribution in [0.25, 0.3) is 0 Å². The van der Waals surface area contributed by atoms with E-state index >= 15 is 0 Å². The van der Waals surface area contributed by atoms with Gasteiger partial charge in [-0.1, -0.05) is 50.1 Å². The highest BCUT2D eigenvalue weighted by Crippen LogP contribution is 2.22. The first-order valence-electron chi connectivity index (χ1n) is 6.68. The summed E-state index contributed by atoms with van der Waals surface area (Å²) < 4.78 is 0. The monoisotopic (exact) mass is 218 g/mol. The largest absolute Gasteiger partial charge is 0.296 e. The van der Waals surface area contributed by atoms with E-state index in [1.807, 2.05) is 0 Å². The van der Waals surface area contributed by atoms with E-state index in [9.17, 15) is 0 Å². The molecular formula is C15H23N. The Balaban J connectivity index is 1.96. The number of hydrogen-bond donors (Lipinski definition) is 0. The molecule has 0 aliphatic carbocycles. The van der Waals surface area contributed by atoms with Crippen molar-refractivity contribution in [3.8, 4) is 0 Å². The summed E-state index contributed by atoms with van der Waals surface area (Å²) in [5.41, 5.74) is 1.46. The van der Waals surface area contributed by atoms with Gasteiger partial charge in [-0.05, 0) is 31.4 Å². The van der Waals surface area contributed by atoms with Gasteiger partial charge < -0.3 is 0 Å². The third-order valence-electron chi connectivity index (χ3n) is 3.60. The predicted molar refractivity (Wildman–Crippen MR) is 69.4 cm³/mol. The van der Waals surface area contributed by atoms with Crippen LogP contribution in [0.1, 0.15) is 44.6 Å². The van der Waals surface area contributed by atoms with Crippen LogP contribution in [0.4, 0.5) is 0 Å². The Hall–Kier alpha value is -0.820. The summed E-state index contributed by atoms with van der Waals surface area (Å²) in [4.78, 5) is 2.68. The summed E-state index contributed by atoms with van der Waals surface area (Å²) in [5, 5.41) is 0.